The molecule has 0 aromatic heterocycles. The van der Waals surface area contributed by atoms with Gasteiger partial charge in [-0.15, -0.1) is 0 Å². The van der Waals surface area contributed by atoms with Gasteiger partial charge in [-0.3, -0.25) is 4.79 Å². The second kappa shape index (κ2) is 4.74. The number of hydrogen-bond donors (Lipinski definition) is 1. The largest absolute Gasteiger partial charge is 0.337 e. The van der Waals surface area contributed by atoms with Crippen molar-refractivity contribution in [1.29, 1.82) is 0 Å². The van der Waals surface area contributed by atoms with Crippen LogP contribution >= 0.6 is 0 Å². The van der Waals surface area contributed by atoms with Crippen LogP contribution in [0.5, 0.6) is 0 Å². The molecular weight excluding hydrogens is 200 g/mol. The summed E-state index contributed by atoms with van der Waals surface area (Å²) < 4.78 is 0. The lowest BCUT2D eigenvalue weighted by Crippen LogP contribution is -2.61. The molecule has 0 unspecified atom stereocenters. The highest BCUT2D eigenvalue weighted by Gasteiger charge is 2.41. The molecular formula is C13H24N2O. The zero-order valence-corrected chi connectivity index (χ0v) is 10.6. The lowest BCUT2D eigenvalue weighted by Gasteiger charge is -2.42. The van der Waals surface area contributed by atoms with Crippen molar-refractivity contribution in [2.45, 2.75) is 52.0 Å². The molecule has 0 spiro atoms. The van der Waals surface area contributed by atoms with Crippen LogP contribution in [0.2, 0.25) is 0 Å². The Morgan fingerprint density at radius 1 is 1.38 bits per heavy atom. The Labute approximate surface area is 98.6 Å². The molecule has 1 heterocycles. The molecule has 0 radical (unpaired) electrons. The number of carbonyl (C=O) groups is 1. The summed E-state index contributed by atoms with van der Waals surface area (Å²) in [6.07, 6.45) is 5.70. The van der Waals surface area contributed by atoms with Gasteiger partial charge in [0.05, 0.1) is 6.04 Å². The smallest absolute Gasteiger partial charge is 0.228 e. The van der Waals surface area contributed by atoms with Crippen molar-refractivity contribution in [3.05, 3.63) is 0 Å². The molecule has 3 nitrogen and oxygen atoms in total. The van der Waals surface area contributed by atoms with Gasteiger partial charge >= 0.3 is 0 Å². The van der Waals surface area contributed by atoms with Crippen LogP contribution in [0.3, 0.4) is 0 Å². The molecule has 2 aliphatic rings. The number of hydrogen-bond acceptors (Lipinski definition) is 2. The number of carbonyl (C=O) groups excluding carboxylic acids is 1. The molecule has 0 aromatic carbocycles. The molecule has 2 fully saturated rings. The second-order valence-corrected chi connectivity index (χ2v) is 5.58. The lowest BCUT2D eigenvalue weighted by molar-refractivity contribution is -0.144. The second-order valence-electron chi connectivity index (χ2n) is 5.58. The Bertz CT molecular complexity index is 255. The Kier molecular flexibility index (Phi) is 3.53. The highest BCUT2D eigenvalue weighted by Crippen LogP contribution is 2.39. The van der Waals surface area contributed by atoms with Gasteiger partial charge < -0.3 is 10.2 Å². The van der Waals surface area contributed by atoms with Crippen LogP contribution in [0.15, 0.2) is 0 Å². The van der Waals surface area contributed by atoms with E-state index >= 15 is 0 Å². The van der Waals surface area contributed by atoms with E-state index in [4.69, 9.17) is 0 Å². The van der Waals surface area contributed by atoms with E-state index in [1.807, 2.05) is 0 Å². The fraction of sp³-hybridized carbons (Fsp3) is 0.923. The SMILES string of the molecule is CCCN(C(=O)C1(C)CCCC1)C1CNC1. The Morgan fingerprint density at radius 3 is 2.44 bits per heavy atom. The summed E-state index contributed by atoms with van der Waals surface area (Å²) in [7, 11) is 0. The molecule has 1 N–H and O–H groups in total. The maximum atomic E-state index is 12.6. The van der Waals surface area contributed by atoms with Crippen molar-refractivity contribution in [2.75, 3.05) is 19.6 Å². The van der Waals surface area contributed by atoms with E-state index in [0.29, 0.717) is 11.9 Å². The summed E-state index contributed by atoms with van der Waals surface area (Å²) in [6, 6.07) is 0.463. The zero-order valence-electron chi connectivity index (χ0n) is 10.6. The topological polar surface area (TPSA) is 32.3 Å². The summed E-state index contributed by atoms with van der Waals surface area (Å²) in [5.41, 5.74) is -0.0508. The van der Waals surface area contributed by atoms with Crippen LogP contribution in [0, 0.1) is 5.41 Å². The van der Waals surface area contributed by atoms with Crippen molar-refractivity contribution in [2.24, 2.45) is 5.41 Å². The third-order valence-corrected chi connectivity index (χ3v) is 4.15. The van der Waals surface area contributed by atoms with E-state index < -0.39 is 0 Å². The minimum Gasteiger partial charge on any atom is -0.337 e. The minimum atomic E-state index is -0.0508. The molecule has 1 aliphatic heterocycles. The molecule has 16 heavy (non-hydrogen) atoms. The average Bonchev–Trinajstić information content (AvgIpc) is 2.62. The molecule has 1 saturated carbocycles. The molecule has 1 amide bonds. The quantitative estimate of drug-likeness (QED) is 0.789. The zero-order chi connectivity index (χ0) is 11.6. The monoisotopic (exact) mass is 224 g/mol. The van der Waals surface area contributed by atoms with Crippen molar-refractivity contribution in [3.63, 3.8) is 0 Å². The van der Waals surface area contributed by atoms with E-state index in [2.05, 4.69) is 24.1 Å². The highest BCUT2D eigenvalue weighted by atomic mass is 16.2. The van der Waals surface area contributed by atoms with Gasteiger partial charge in [0, 0.05) is 25.0 Å². The molecule has 1 saturated heterocycles. The van der Waals surface area contributed by atoms with Crippen molar-refractivity contribution >= 4 is 5.91 Å². The Morgan fingerprint density at radius 2 is 2.00 bits per heavy atom. The first kappa shape index (κ1) is 11.9. The molecule has 3 heteroatoms. The van der Waals surface area contributed by atoms with Crippen LogP contribution in [-0.4, -0.2) is 36.5 Å². The molecule has 1 aliphatic carbocycles. The molecule has 0 atom stereocenters. The normalized spacial score (nSPS) is 24.1. The van der Waals surface area contributed by atoms with Gasteiger partial charge in [-0.25, -0.2) is 0 Å². The number of nitrogens with zero attached hydrogens (tertiary/aromatic N) is 1. The molecule has 92 valence electrons. The third kappa shape index (κ3) is 2.10. The maximum absolute atomic E-state index is 12.6. The molecule has 0 bridgehead atoms. The van der Waals surface area contributed by atoms with E-state index in [0.717, 1.165) is 38.9 Å². The van der Waals surface area contributed by atoms with Crippen LogP contribution in [-0.2, 0) is 4.79 Å². The first-order valence-corrected chi connectivity index (χ1v) is 6.69. The maximum Gasteiger partial charge on any atom is 0.228 e. The number of nitrogens with one attached hydrogen (secondary N) is 1. The van der Waals surface area contributed by atoms with Crippen molar-refractivity contribution < 1.29 is 4.79 Å². The van der Waals surface area contributed by atoms with Crippen LogP contribution in [0.4, 0.5) is 0 Å². The Balaban J connectivity index is 2.03. The standard InChI is InChI=1S/C13H24N2O/c1-3-8-15(11-9-14-10-11)12(16)13(2)6-4-5-7-13/h11,14H,3-10H2,1-2H3. The minimum absolute atomic E-state index is 0.0508. The van der Waals surface area contributed by atoms with E-state index in [-0.39, 0.29) is 5.41 Å². The van der Waals surface area contributed by atoms with Crippen LogP contribution in [0.25, 0.3) is 0 Å². The highest BCUT2D eigenvalue weighted by molar-refractivity contribution is 5.83. The van der Waals surface area contributed by atoms with E-state index in [9.17, 15) is 4.79 Å². The first-order valence-electron chi connectivity index (χ1n) is 6.69. The number of amides is 1. The van der Waals surface area contributed by atoms with E-state index in [1.54, 1.807) is 0 Å². The van der Waals surface area contributed by atoms with Gasteiger partial charge in [-0.2, -0.15) is 0 Å². The van der Waals surface area contributed by atoms with Crippen molar-refractivity contribution in [3.8, 4) is 0 Å². The van der Waals surface area contributed by atoms with Crippen molar-refractivity contribution in [1.82, 2.24) is 10.2 Å². The van der Waals surface area contributed by atoms with Gasteiger partial charge in [0.25, 0.3) is 0 Å². The van der Waals surface area contributed by atoms with Gasteiger partial charge in [-0.05, 0) is 19.3 Å². The number of rotatable bonds is 4. The third-order valence-electron chi connectivity index (χ3n) is 4.15. The van der Waals surface area contributed by atoms with Gasteiger partial charge in [-0.1, -0.05) is 26.7 Å². The summed E-state index contributed by atoms with van der Waals surface area (Å²) in [4.78, 5) is 14.7. The predicted octanol–water partition coefficient (Wildman–Crippen LogP) is 1.78. The van der Waals surface area contributed by atoms with Crippen LogP contribution in [0.1, 0.15) is 46.0 Å². The molecule has 2 rings (SSSR count). The van der Waals surface area contributed by atoms with Gasteiger partial charge in [0.15, 0.2) is 0 Å². The first-order chi connectivity index (χ1) is 7.67. The summed E-state index contributed by atoms with van der Waals surface area (Å²) in [6.45, 7) is 7.23. The summed E-state index contributed by atoms with van der Waals surface area (Å²) in [5.74, 6) is 0.415. The molecule has 0 aromatic rings. The summed E-state index contributed by atoms with van der Waals surface area (Å²) >= 11 is 0. The van der Waals surface area contributed by atoms with E-state index in [1.165, 1.54) is 12.8 Å². The lowest BCUT2D eigenvalue weighted by atomic mass is 9.86. The summed E-state index contributed by atoms with van der Waals surface area (Å²) in [5, 5.41) is 3.26. The predicted molar refractivity (Wildman–Crippen MR) is 65.2 cm³/mol. The fourth-order valence-corrected chi connectivity index (χ4v) is 2.90. The Hall–Kier alpha value is -0.570. The average molecular weight is 224 g/mol. The van der Waals surface area contributed by atoms with Gasteiger partial charge in [0.2, 0.25) is 5.91 Å². The van der Waals surface area contributed by atoms with Crippen LogP contribution < -0.4 is 5.32 Å². The van der Waals surface area contributed by atoms with Gasteiger partial charge in [0.1, 0.15) is 0 Å². The fourth-order valence-electron chi connectivity index (χ4n) is 2.90.